The van der Waals surface area contributed by atoms with Crippen molar-refractivity contribution in [3.8, 4) is 0 Å². The van der Waals surface area contributed by atoms with Crippen LogP contribution in [0.2, 0.25) is 0 Å². The van der Waals surface area contributed by atoms with Crippen LogP contribution in [-0.4, -0.2) is 25.3 Å². The van der Waals surface area contributed by atoms with Crippen molar-refractivity contribution in [3.63, 3.8) is 0 Å². The second kappa shape index (κ2) is 4.32. The lowest BCUT2D eigenvalue weighted by Crippen LogP contribution is -2.06. The van der Waals surface area contributed by atoms with Crippen molar-refractivity contribution >= 4 is 0 Å². The summed E-state index contributed by atoms with van der Waals surface area (Å²) in [7, 11) is 0. The summed E-state index contributed by atoms with van der Waals surface area (Å²) in [5.74, 6) is 0. The fourth-order valence-corrected chi connectivity index (χ4v) is 1.48. The third kappa shape index (κ3) is 2.04. The van der Waals surface area contributed by atoms with Gasteiger partial charge >= 0.3 is 0 Å². The number of aromatic nitrogens is 4. The van der Waals surface area contributed by atoms with Gasteiger partial charge in [-0.25, -0.2) is 9.97 Å². The minimum absolute atomic E-state index is 0.651. The number of hydrogen-bond acceptors (Lipinski definition) is 5. The Labute approximate surface area is 93.2 Å². The standard InChI is InChI=1S/C11H12N4O/c1-7-3-10(8(2)15-14-7)11(16)9-4-12-6-13-5-9/h3-6,11,16H,1-2H3. The average Bonchev–Trinajstić information content (AvgIpc) is 2.32. The largest absolute Gasteiger partial charge is 0.383 e. The van der Waals surface area contributed by atoms with E-state index in [1.54, 1.807) is 12.4 Å². The molecule has 16 heavy (non-hydrogen) atoms. The maximum absolute atomic E-state index is 10.1. The molecule has 2 aromatic rings. The van der Waals surface area contributed by atoms with E-state index in [1.807, 2.05) is 19.9 Å². The average molecular weight is 216 g/mol. The Morgan fingerprint density at radius 3 is 2.50 bits per heavy atom. The highest BCUT2D eigenvalue weighted by Crippen LogP contribution is 2.22. The summed E-state index contributed by atoms with van der Waals surface area (Å²) in [5, 5.41) is 18.0. The van der Waals surface area contributed by atoms with Crippen LogP contribution in [0.25, 0.3) is 0 Å². The van der Waals surface area contributed by atoms with Gasteiger partial charge < -0.3 is 5.11 Å². The molecule has 0 saturated heterocycles. The van der Waals surface area contributed by atoms with Crippen LogP contribution in [0.3, 0.4) is 0 Å². The molecule has 0 aromatic carbocycles. The van der Waals surface area contributed by atoms with E-state index in [-0.39, 0.29) is 0 Å². The van der Waals surface area contributed by atoms with Crippen molar-refractivity contribution in [2.45, 2.75) is 20.0 Å². The Kier molecular flexibility index (Phi) is 2.87. The molecule has 1 N–H and O–H groups in total. The van der Waals surface area contributed by atoms with Gasteiger partial charge in [0.2, 0.25) is 0 Å². The van der Waals surface area contributed by atoms with Gasteiger partial charge in [-0.2, -0.15) is 10.2 Å². The lowest BCUT2D eigenvalue weighted by molar-refractivity contribution is 0.217. The highest BCUT2D eigenvalue weighted by Gasteiger charge is 2.14. The highest BCUT2D eigenvalue weighted by atomic mass is 16.3. The first kappa shape index (κ1) is 10.6. The van der Waals surface area contributed by atoms with Gasteiger partial charge in [-0.3, -0.25) is 0 Å². The molecule has 0 fully saturated rings. The minimum Gasteiger partial charge on any atom is -0.383 e. The summed E-state index contributed by atoms with van der Waals surface area (Å²) in [4.78, 5) is 7.75. The Morgan fingerprint density at radius 1 is 1.12 bits per heavy atom. The van der Waals surface area contributed by atoms with E-state index in [0.29, 0.717) is 11.3 Å². The predicted molar refractivity (Wildman–Crippen MR) is 57.6 cm³/mol. The smallest absolute Gasteiger partial charge is 0.115 e. The van der Waals surface area contributed by atoms with Crippen LogP contribution in [0.4, 0.5) is 0 Å². The maximum Gasteiger partial charge on any atom is 0.115 e. The number of aryl methyl sites for hydroxylation is 2. The first-order valence-corrected chi connectivity index (χ1v) is 4.92. The van der Waals surface area contributed by atoms with Crippen LogP contribution in [0.1, 0.15) is 28.6 Å². The number of nitrogens with zero attached hydrogens (tertiary/aromatic N) is 4. The summed E-state index contributed by atoms with van der Waals surface area (Å²) in [6.07, 6.45) is 3.86. The highest BCUT2D eigenvalue weighted by molar-refractivity contribution is 5.29. The van der Waals surface area contributed by atoms with Crippen molar-refractivity contribution in [2.24, 2.45) is 0 Å². The molecule has 0 aliphatic carbocycles. The van der Waals surface area contributed by atoms with Gasteiger partial charge in [0.25, 0.3) is 0 Å². The molecule has 82 valence electrons. The SMILES string of the molecule is Cc1cc(C(O)c2cncnc2)c(C)nn1. The molecule has 2 heterocycles. The van der Waals surface area contributed by atoms with Crippen molar-refractivity contribution in [1.82, 2.24) is 20.2 Å². The number of aliphatic hydroxyl groups is 1. The first-order chi connectivity index (χ1) is 7.68. The monoisotopic (exact) mass is 216 g/mol. The van der Waals surface area contributed by atoms with Crippen LogP contribution in [0.15, 0.2) is 24.8 Å². The number of aliphatic hydroxyl groups excluding tert-OH is 1. The molecule has 1 atom stereocenters. The second-order valence-corrected chi connectivity index (χ2v) is 3.60. The maximum atomic E-state index is 10.1. The van der Waals surface area contributed by atoms with Crippen molar-refractivity contribution < 1.29 is 5.11 Å². The molecule has 2 rings (SSSR count). The van der Waals surface area contributed by atoms with E-state index in [9.17, 15) is 5.11 Å². The molecular weight excluding hydrogens is 204 g/mol. The van der Waals surface area contributed by atoms with Gasteiger partial charge in [-0.15, -0.1) is 0 Å². The topological polar surface area (TPSA) is 71.8 Å². The van der Waals surface area contributed by atoms with Crippen molar-refractivity contribution in [1.29, 1.82) is 0 Å². The van der Waals surface area contributed by atoms with E-state index in [2.05, 4.69) is 20.2 Å². The molecule has 5 heteroatoms. The van der Waals surface area contributed by atoms with Crippen LogP contribution >= 0.6 is 0 Å². The van der Waals surface area contributed by atoms with Crippen LogP contribution in [0, 0.1) is 13.8 Å². The van der Waals surface area contributed by atoms with Crippen molar-refractivity contribution in [2.75, 3.05) is 0 Å². The Bertz CT molecular complexity index is 487. The lowest BCUT2D eigenvalue weighted by atomic mass is 10.0. The fraction of sp³-hybridized carbons (Fsp3) is 0.273. The molecule has 0 spiro atoms. The Morgan fingerprint density at radius 2 is 1.81 bits per heavy atom. The van der Waals surface area contributed by atoms with E-state index >= 15 is 0 Å². The first-order valence-electron chi connectivity index (χ1n) is 4.92. The van der Waals surface area contributed by atoms with E-state index < -0.39 is 6.10 Å². The van der Waals surface area contributed by atoms with Gasteiger partial charge in [-0.1, -0.05) is 0 Å². The summed E-state index contributed by atoms with van der Waals surface area (Å²) in [6, 6.07) is 1.82. The molecule has 0 bridgehead atoms. The molecule has 0 aliphatic heterocycles. The summed E-state index contributed by atoms with van der Waals surface area (Å²) in [6.45, 7) is 3.65. The lowest BCUT2D eigenvalue weighted by Gasteiger charge is -2.12. The summed E-state index contributed by atoms with van der Waals surface area (Å²) in [5.41, 5.74) is 2.87. The van der Waals surface area contributed by atoms with E-state index in [1.165, 1.54) is 6.33 Å². The number of rotatable bonds is 2. The van der Waals surface area contributed by atoms with E-state index in [4.69, 9.17) is 0 Å². The molecule has 2 aromatic heterocycles. The Hall–Kier alpha value is -1.88. The zero-order valence-electron chi connectivity index (χ0n) is 9.12. The van der Waals surface area contributed by atoms with Gasteiger partial charge in [0.15, 0.2) is 0 Å². The molecular formula is C11H12N4O. The third-order valence-corrected chi connectivity index (χ3v) is 2.33. The van der Waals surface area contributed by atoms with Crippen LogP contribution in [0.5, 0.6) is 0 Å². The molecule has 0 amide bonds. The van der Waals surface area contributed by atoms with Gasteiger partial charge in [0.05, 0.1) is 11.4 Å². The van der Waals surface area contributed by atoms with Gasteiger partial charge in [-0.05, 0) is 19.9 Å². The molecule has 0 saturated carbocycles. The van der Waals surface area contributed by atoms with Crippen LogP contribution < -0.4 is 0 Å². The summed E-state index contributed by atoms with van der Waals surface area (Å²) >= 11 is 0. The second-order valence-electron chi connectivity index (χ2n) is 3.60. The molecule has 1 unspecified atom stereocenters. The molecule has 5 nitrogen and oxygen atoms in total. The normalized spacial score (nSPS) is 12.4. The zero-order chi connectivity index (χ0) is 11.5. The predicted octanol–water partition coefficient (Wildman–Crippen LogP) is 0.965. The summed E-state index contributed by atoms with van der Waals surface area (Å²) < 4.78 is 0. The number of hydrogen-bond donors (Lipinski definition) is 1. The fourth-order valence-electron chi connectivity index (χ4n) is 1.48. The zero-order valence-corrected chi connectivity index (χ0v) is 9.12. The molecule has 0 radical (unpaired) electrons. The van der Waals surface area contributed by atoms with E-state index in [0.717, 1.165) is 11.3 Å². The van der Waals surface area contributed by atoms with Gasteiger partial charge in [0, 0.05) is 23.5 Å². The Balaban J connectivity index is 2.41. The molecule has 0 aliphatic rings. The third-order valence-electron chi connectivity index (χ3n) is 2.33. The quantitative estimate of drug-likeness (QED) is 0.809. The van der Waals surface area contributed by atoms with Gasteiger partial charge in [0.1, 0.15) is 12.4 Å². The van der Waals surface area contributed by atoms with Crippen LogP contribution in [-0.2, 0) is 0 Å². The van der Waals surface area contributed by atoms with Crippen molar-refractivity contribution in [3.05, 3.63) is 47.3 Å². The minimum atomic E-state index is -0.754.